The molecule has 0 aromatic rings. The van der Waals surface area contributed by atoms with Gasteiger partial charge in [-0.2, -0.15) is 79.0 Å². The molecule has 0 saturated carbocycles. The van der Waals surface area contributed by atoms with Gasteiger partial charge in [-0.15, -0.1) is 0 Å². The maximum atomic E-state index is 11.3. The number of carbonyl (C=O) groups excluding carboxylic acids is 3. The van der Waals surface area contributed by atoms with Gasteiger partial charge >= 0.3 is 56.5 Å². The quantitative estimate of drug-likeness (QED) is 0.192. The molecule has 40 heavy (non-hydrogen) atoms. The summed E-state index contributed by atoms with van der Waals surface area (Å²) in [4.78, 5) is 29.5. The van der Waals surface area contributed by atoms with Crippen LogP contribution in [0.5, 0.6) is 0 Å². The zero-order valence-electron chi connectivity index (χ0n) is 17.3. The molecule has 0 rings (SSSR count). The number of alkyl halides is 18. The Morgan fingerprint density at radius 2 is 0.475 bits per heavy atom. The first kappa shape index (κ1) is 44.0. The third-order valence-electron chi connectivity index (χ3n) is 2.46. The van der Waals surface area contributed by atoms with Crippen LogP contribution in [0.3, 0.4) is 0 Å². The van der Waals surface area contributed by atoms with Gasteiger partial charge < -0.3 is 15.3 Å². The van der Waals surface area contributed by atoms with Gasteiger partial charge in [-0.3, -0.25) is 14.4 Å². The van der Waals surface area contributed by atoms with Gasteiger partial charge in [-0.05, 0) is 35.5 Å². The Hall–Kier alpha value is -3.01. The van der Waals surface area contributed by atoms with E-state index in [9.17, 15) is 109 Å². The molecular formula is C15H3F18O6Ru. The van der Waals surface area contributed by atoms with E-state index in [4.69, 9.17) is 0 Å². The van der Waals surface area contributed by atoms with Crippen LogP contribution in [0.15, 0.2) is 35.5 Å². The molecular weight excluding hydrogens is 719 g/mol. The van der Waals surface area contributed by atoms with Crippen molar-refractivity contribution in [3.8, 4) is 0 Å². The summed E-state index contributed by atoms with van der Waals surface area (Å²) in [5.74, 6) is -16.9. The number of halogens is 18. The molecule has 0 unspecified atom stereocenters. The summed E-state index contributed by atoms with van der Waals surface area (Å²) in [5.41, 5.74) is 0. The van der Waals surface area contributed by atoms with Crippen LogP contribution in [0, 0.1) is 0 Å². The summed E-state index contributed by atoms with van der Waals surface area (Å²) in [5, 5.41) is 29.5. The topological polar surface area (TPSA) is 120 Å². The first-order chi connectivity index (χ1) is 16.6. The molecule has 0 aliphatic heterocycles. The van der Waals surface area contributed by atoms with Gasteiger partial charge in [-0.25, -0.2) is 0 Å². The van der Waals surface area contributed by atoms with E-state index in [0.717, 1.165) is 0 Å². The molecule has 0 aliphatic carbocycles. The Balaban J connectivity index is -0.000000240. The fraction of sp³-hybridized carbons (Fsp3) is 0.400. The van der Waals surface area contributed by atoms with Crippen molar-refractivity contribution in [1.82, 2.24) is 0 Å². The van der Waals surface area contributed by atoms with Gasteiger partial charge in [0.25, 0.3) is 17.3 Å². The molecule has 0 aliphatic rings. The number of carbonyl (C=O) groups is 3. The molecule has 6 nitrogen and oxygen atoms in total. The molecule has 0 atom stereocenters. The Labute approximate surface area is 219 Å². The SMILES string of the molecule is O=C(/C=C(\[O-])C(F)(F)F)C(F)(F)F.O=C(/C=C(\[O-])C(F)(F)F)C(F)(F)F.O=C(/C=C(\[O-])C(F)(F)F)C(F)(F)F.[Ru+3]. The maximum absolute atomic E-state index is 11.3. The van der Waals surface area contributed by atoms with Crippen molar-refractivity contribution in [3.63, 3.8) is 0 Å². The standard InChI is InChI=1S/3C5H2F6O2.Ru/c3*6-4(7,8)2(12)1-3(13)5(9,10)11;/h3*1,12H;/q;;;+3/p-3/b3*2-1-;. The summed E-state index contributed by atoms with van der Waals surface area (Å²) in [6.45, 7) is 0. The maximum Gasteiger partial charge on any atom is 3.00 e. The third kappa shape index (κ3) is 20.0. The third-order valence-corrected chi connectivity index (χ3v) is 2.46. The molecule has 0 aromatic carbocycles. The van der Waals surface area contributed by atoms with Crippen LogP contribution in [0.1, 0.15) is 0 Å². The molecule has 0 N–H and O–H groups in total. The van der Waals surface area contributed by atoms with E-state index >= 15 is 0 Å². The average Bonchev–Trinajstić information content (AvgIpc) is 2.64. The zero-order chi connectivity index (χ0) is 32.6. The van der Waals surface area contributed by atoms with Crippen molar-refractivity contribution in [2.24, 2.45) is 0 Å². The van der Waals surface area contributed by atoms with Gasteiger partial charge in [0, 0.05) is 0 Å². The van der Waals surface area contributed by atoms with Crippen LogP contribution >= 0.6 is 0 Å². The van der Waals surface area contributed by atoms with Gasteiger partial charge in [0.05, 0.1) is 0 Å². The Morgan fingerprint density at radius 3 is 0.550 bits per heavy atom. The monoisotopic (exact) mass is 723 g/mol. The first-order valence-electron chi connectivity index (χ1n) is 7.86. The minimum Gasteiger partial charge on any atom is -0.869 e. The molecule has 0 heterocycles. The fourth-order valence-electron chi connectivity index (χ4n) is 0.848. The average molecular weight is 722 g/mol. The summed E-state index contributed by atoms with van der Waals surface area (Å²) >= 11 is 0. The molecule has 0 spiro atoms. The zero-order valence-corrected chi connectivity index (χ0v) is 19.1. The summed E-state index contributed by atoms with van der Waals surface area (Å²) < 4.78 is 203. The molecule has 0 fully saturated rings. The number of hydrogen-bond acceptors (Lipinski definition) is 6. The van der Waals surface area contributed by atoms with Crippen LogP contribution in [-0.4, -0.2) is 54.4 Å². The molecule has 233 valence electrons. The molecule has 25 heteroatoms. The van der Waals surface area contributed by atoms with Crippen molar-refractivity contribution >= 4 is 17.3 Å². The first-order valence-corrected chi connectivity index (χ1v) is 7.86. The van der Waals surface area contributed by atoms with Gasteiger partial charge in [0.2, 0.25) is 0 Å². The smallest absolute Gasteiger partial charge is 0.869 e. The fourth-order valence-corrected chi connectivity index (χ4v) is 0.848. The van der Waals surface area contributed by atoms with E-state index < -0.39 is 89.9 Å². The normalized spacial score (nSPS) is 14.1. The van der Waals surface area contributed by atoms with Crippen molar-refractivity contribution in [1.29, 1.82) is 0 Å². The predicted octanol–water partition coefficient (Wildman–Crippen LogP) is 2.77. The van der Waals surface area contributed by atoms with Crippen molar-refractivity contribution < 1.29 is 128 Å². The van der Waals surface area contributed by atoms with Crippen molar-refractivity contribution in [3.05, 3.63) is 35.5 Å². The van der Waals surface area contributed by atoms with E-state index in [1.165, 1.54) is 0 Å². The number of ketones is 3. The second kappa shape index (κ2) is 15.1. The molecule has 0 saturated heterocycles. The predicted molar refractivity (Wildman–Crippen MR) is 75.6 cm³/mol. The Morgan fingerprint density at radius 1 is 0.350 bits per heavy atom. The Bertz CT molecular complexity index is 834. The van der Waals surface area contributed by atoms with Gasteiger partial charge in [-0.1, -0.05) is 0 Å². The van der Waals surface area contributed by atoms with Gasteiger partial charge in [0.15, 0.2) is 0 Å². The second-order valence-corrected chi connectivity index (χ2v) is 5.61. The van der Waals surface area contributed by atoms with E-state index in [1.54, 1.807) is 0 Å². The molecule has 0 bridgehead atoms. The van der Waals surface area contributed by atoms with Crippen LogP contribution in [-0.2, 0) is 33.9 Å². The van der Waals surface area contributed by atoms with E-state index in [-0.39, 0.29) is 19.5 Å². The van der Waals surface area contributed by atoms with Crippen molar-refractivity contribution in [2.75, 3.05) is 0 Å². The van der Waals surface area contributed by atoms with E-state index in [0.29, 0.717) is 0 Å². The van der Waals surface area contributed by atoms with Crippen LogP contribution in [0.4, 0.5) is 79.0 Å². The van der Waals surface area contributed by atoms with Crippen LogP contribution in [0.2, 0.25) is 0 Å². The van der Waals surface area contributed by atoms with E-state index in [1.807, 2.05) is 0 Å². The van der Waals surface area contributed by atoms with Crippen LogP contribution in [0.25, 0.3) is 0 Å². The van der Waals surface area contributed by atoms with E-state index in [2.05, 4.69) is 0 Å². The number of hydrogen-bond donors (Lipinski definition) is 0. The molecule has 0 amide bonds. The van der Waals surface area contributed by atoms with Crippen molar-refractivity contribution in [2.45, 2.75) is 37.1 Å². The number of rotatable bonds is 3. The molecule has 1 radical (unpaired) electrons. The minimum atomic E-state index is -5.46. The Kier molecular flexibility index (Phi) is 16.6. The van der Waals surface area contributed by atoms with Gasteiger partial charge in [0.1, 0.15) is 0 Å². The number of allylic oxidation sites excluding steroid dienone is 6. The minimum absolute atomic E-state index is 0. The second-order valence-electron chi connectivity index (χ2n) is 5.61. The summed E-state index contributed by atoms with van der Waals surface area (Å²) in [6, 6.07) is 0. The van der Waals surface area contributed by atoms with Crippen LogP contribution < -0.4 is 15.3 Å². The summed E-state index contributed by atoms with van der Waals surface area (Å²) in [6.07, 6.45) is -35.8. The summed E-state index contributed by atoms with van der Waals surface area (Å²) in [7, 11) is 0. The largest absolute Gasteiger partial charge is 3.00 e. The molecule has 0 aromatic heterocycles.